The van der Waals surface area contributed by atoms with E-state index in [1.807, 2.05) is 12.1 Å². The van der Waals surface area contributed by atoms with Gasteiger partial charge in [0.1, 0.15) is 11.6 Å². The first-order valence-electron chi connectivity index (χ1n) is 9.77. The molecular formula is C23H28ClF2NO. The van der Waals surface area contributed by atoms with Crippen molar-refractivity contribution in [2.75, 3.05) is 13.6 Å². The van der Waals surface area contributed by atoms with Gasteiger partial charge in [-0.2, -0.15) is 0 Å². The van der Waals surface area contributed by atoms with Crippen molar-refractivity contribution in [2.45, 2.75) is 50.5 Å². The average molecular weight is 408 g/mol. The van der Waals surface area contributed by atoms with E-state index in [1.54, 1.807) is 24.3 Å². The first kappa shape index (κ1) is 22.5. The molecule has 0 heterocycles. The van der Waals surface area contributed by atoms with Crippen molar-refractivity contribution >= 4 is 18.2 Å². The fourth-order valence-corrected chi connectivity index (χ4v) is 4.04. The molecule has 2 aromatic rings. The van der Waals surface area contributed by atoms with Crippen molar-refractivity contribution in [3.8, 4) is 0 Å². The highest BCUT2D eigenvalue weighted by Crippen LogP contribution is 2.34. The summed E-state index contributed by atoms with van der Waals surface area (Å²) in [4.78, 5) is 14.5. The van der Waals surface area contributed by atoms with E-state index >= 15 is 0 Å². The predicted octanol–water partition coefficient (Wildman–Crippen LogP) is 6.01. The van der Waals surface area contributed by atoms with Crippen molar-refractivity contribution < 1.29 is 13.6 Å². The molecule has 1 saturated carbocycles. The minimum Gasteiger partial charge on any atom is -0.303 e. The van der Waals surface area contributed by atoms with Crippen LogP contribution in [-0.2, 0) is 0 Å². The summed E-state index contributed by atoms with van der Waals surface area (Å²) in [7, 11) is 2.13. The van der Waals surface area contributed by atoms with Crippen LogP contribution in [0.1, 0.15) is 60.4 Å². The van der Waals surface area contributed by atoms with E-state index in [-0.39, 0.29) is 29.8 Å². The number of ketones is 1. The topological polar surface area (TPSA) is 20.3 Å². The van der Waals surface area contributed by atoms with Crippen LogP contribution in [0.25, 0.3) is 0 Å². The number of nitrogens with zero attached hydrogens (tertiary/aromatic N) is 1. The number of carbonyl (C=O) groups is 1. The summed E-state index contributed by atoms with van der Waals surface area (Å²) in [5, 5.41) is 0. The first-order chi connectivity index (χ1) is 13.0. The molecule has 0 bridgehead atoms. The quantitative estimate of drug-likeness (QED) is 0.524. The smallest absolute Gasteiger partial charge is 0.162 e. The zero-order valence-electron chi connectivity index (χ0n) is 16.2. The molecule has 152 valence electrons. The second-order valence-electron chi connectivity index (χ2n) is 7.57. The van der Waals surface area contributed by atoms with Gasteiger partial charge in [0, 0.05) is 18.0 Å². The van der Waals surface area contributed by atoms with E-state index in [0.29, 0.717) is 23.9 Å². The van der Waals surface area contributed by atoms with Crippen LogP contribution >= 0.6 is 12.4 Å². The van der Waals surface area contributed by atoms with E-state index in [1.165, 1.54) is 17.7 Å². The highest BCUT2D eigenvalue weighted by Gasteiger charge is 2.24. The summed E-state index contributed by atoms with van der Waals surface area (Å²) in [5.41, 5.74) is 1.82. The van der Waals surface area contributed by atoms with Crippen molar-refractivity contribution in [3.05, 3.63) is 71.3 Å². The summed E-state index contributed by atoms with van der Waals surface area (Å²) in [5.74, 6) is 0.101. The van der Waals surface area contributed by atoms with Crippen molar-refractivity contribution in [3.63, 3.8) is 0 Å². The molecule has 3 rings (SSSR count). The van der Waals surface area contributed by atoms with Crippen molar-refractivity contribution in [1.82, 2.24) is 4.90 Å². The fraction of sp³-hybridized carbons (Fsp3) is 0.435. The van der Waals surface area contributed by atoms with Crippen LogP contribution in [0.4, 0.5) is 8.78 Å². The molecule has 2 aromatic carbocycles. The molecule has 0 saturated heterocycles. The highest BCUT2D eigenvalue weighted by atomic mass is 35.5. The van der Waals surface area contributed by atoms with Gasteiger partial charge in [-0.1, -0.05) is 12.1 Å². The Morgan fingerprint density at radius 1 is 0.929 bits per heavy atom. The monoisotopic (exact) mass is 407 g/mol. The molecule has 0 amide bonds. The van der Waals surface area contributed by atoms with Gasteiger partial charge in [-0.05, 0) is 93.6 Å². The second kappa shape index (κ2) is 10.7. The van der Waals surface area contributed by atoms with Crippen LogP contribution in [0.3, 0.4) is 0 Å². The molecule has 0 spiro atoms. The summed E-state index contributed by atoms with van der Waals surface area (Å²) >= 11 is 0. The number of benzene rings is 2. The summed E-state index contributed by atoms with van der Waals surface area (Å²) < 4.78 is 26.0. The molecule has 0 aromatic heterocycles. The lowest BCUT2D eigenvalue weighted by molar-refractivity contribution is 0.0970. The van der Waals surface area contributed by atoms with E-state index < -0.39 is 0 Å². The van der Waals surface area contributed by atoms with Gasteiger partial charge in [-0.3, -0.25) is 4.79 Å². The largest absolute Gasteiger partial charge is 0.303 e. The van der Waals surface area contributed by atoms with Crippen LogP contribution in [0.15, 0.2) is 48.5 Å². The molecule has 0 aliphatic heterocycles. The number of carbonyl (C=O) groups excluding carboxylic acids is 1. The van der Waals surface area contributed by atoms with Gasteiger partial charge in [0.05, 0.1) is 0 Å². The Morgan fingerprint density at radius 3 is 2.04 bits per heavy atom. The molecule has 1 aliphatic rings. The molecule has 1 aliphatic carbocycles. The lowest BCUT2D eigenvalue weighted by atomic mass is 9.81. The Hall–Kier alpha value is -1.78. The molecule has 0 atom stereocenters. The normalized spacial score (nSPS) is 19.3. The maximum Gasteiger partial charge on any atom is 0.162 e. The van der Waals surface area contributed by atoms with Crippen molar-refractivity contribution in [1.29, 1.82) is 0 Å². The Morgan fingerprint density at radius 2 is 1.46 bits per heavy atom. The molecule has 0 radical (unpaired) electrons. The Labute approximate surface area is 172 Å². The summed E-state index contributed by atoms with van der Waals surface area (Å²) in [6, 6.07) is 13.2. The average Bonchev–Trinajstić information content (AvgIpc) is 2.69. The molecule has 0 N–H and O–H groups in total. The van der Waals surface area contributed by atoms with E-state index in [0.717, 1.165) is 38.6 Å². The van der Waals surface area contributed by atoms with Gasteiger partial charge in [0.25, 0.3) is 0 Å². The Bertz CT molecular complexity index is 740. The first-order valence-corrected chi connectivity index (χ1v) is 9.77. The number of Topliss-reactive ketones (excluding diaryl/α,β-unsaturated/α-hetero) is 1. The number of halogens is 3. The Kier molecular flexibility index (Phi) is 8.58. The van der Waals surface area contributed by atoms with Crippen LogP contribution < -0.4 is 0 Å². The zero-order chi connectivity index (χ0) is 19.2. The number of hydrogen-bond acceptors (Lipinski definition) is 2. The van der Waals surface area contributed by atoms with Crippen LogP contribution in [0.5, 0.6) is 0 Å². The third kappa shape index (κ3) is 6.11. The standard InChI is InChI=1S/C23H27F2NO.ClH/c1-26(16-2-3-23(27)19-6-12-21(25)13-7-19)22-14-8-18(9-15-22)17-4-10-20(24)11-5-17;/h4-7,10-13,18,22H,2-3,8-9,14-16H2,1H3;1H. The lowest BCUT2D eigenvalue weighted by Gasteiger charge is -2.35. The molecule has 28 heavy (non-hydrogen) atoms. The van der Waals surface area contributed by atoms with Gasteiger partial charge in [-0.25, -0.2) is 8.78 Å². The summed E-state index contributed by atoms with van der Waals surface area (Å²) in [6.45, 7) is 0.888. The Balaban J connectivity index is 0.00000280. The second-order valence-corrected chi connectivity index (χ2v) is 7.57. The van der Waals surface area contributed by atoms with E-state index in [9.17, 15) is 13.6 Å². The van der Waals surface area contributed by atoms with Gasteiger partial charge >= 0.3 is 0 Å². The molecule has 0 unspecified atom stereocenters. The molecule has 5 heteroatoms. The zero-order valence-corrected chi connectivity index (χ0v) is 17.1. The van der Waals surface area contributed by atoms with Crippen LogP contribution in [0, 0.1) is 11.6 Å². The molecule has 2 nitrogen and oxygen atoms in total. The third-order valence-corrected chi connectivity index (χ3v) is 5.74. The van der Waals surface area contributed by atoms with Gasteiger partial charge in [-0.15, -0.1) is 12.4 Å². The number of hydrogen-bond donors (Lipinski definition) is 0. The van der Waals surface area contributed by atoms with Crippen molar-refractivity contribution in [2.24, 2.45) is 0 Å². The van der Waals surface area contributed by atoms with Gasteiger partial charge < -0.3 is 4.90 Å². The highest BCUT2D eigenvalue weighted by molar-refractivity contribution is 5.95. The lowest BCUT2D eigenvalue weighted by Crippen LogP contribution is -2.35. The molecular weight excluding hydrogens is 380 g/mol. The van der Waals surface area contributed by atoms with E-state index in [2.05, 4.69) is 11.9 Å². The maximum absolute atomic E-state index is 13.1. The van der Waals surface area contributed by atoms with Gasteiger partial charge in [0.2, 0.25) is 0 Å². The fourth-order valence-electron chi connectivity index (χ4n) is 4.04. The van der Waals surface area contributed by atoms with Crippen LogP contribution in [-0.4, -0.2) is 30.3 Å². The van der Waals surface area contributed by atoms with Crippen LogP contribution in [0.2, 0.25) is 0 Å². The third-order valence-electron chi connectivity index (χ3n) is 5.74. The van der Waals surface area contributed by atoms with E-state index in [4.69, 9.17) is 0 Å². The summed E-state index contributed by atoms with van der Waals surface area (Å²) in [6.07, 6.45) is 5.80. The maximum atomic E-state index is 13.1. The minimum absolute atomic E-state index is 0. The minimum atomic E-state index is -0.317. The number of rotatable bonds is 7. The van der Waals surface area contributed by atoms with Gasteiger partial charge in [0.15, 0.2) is 5.78 Å². The predicted molar refractivity (Wildman–Crippen MR) is 111 cm³/mol. The SMILES string of the molecule is CN(CCCC(=O)c1ccc(F)cc1)C1CCC(c2ccc(F)cc2)CC1.Cl. The molecule has 1 fully saturated rings.